The van der Waals surface area contributed by atoms with Crippen molar-refractivity contribution in [3.63, 3.8) is 0 Å². The van der Waals surface area contributed by atoms with E-state index in [9.17, 15) is 18.0 Å². The third-order valence-corrected chi connectivity index (χ3v) is 6.33. The number of carbonyl (C=O) groups excluding carboxylic acids is 1. The lowest BCUT2D eigenvalue weighted by Crippen LogP contribution is -2.37. The molecule has 1 aliphatic carbocycles. The van der Waals surface area contributed by atoms with Crippen LogP contribution in [0.2, 0.25) is 0 Å². The Balaban J connectivity index is 1.37. The van der Waals surface area contributed by atoms with Gasteiger partial charge in [-0.1, -0.05) is 54.6 Å². The van der Waals surface area contributed by atoms with Gasteiger partial charge in [-0.05, 0) is 64.8 Å². The zero-order chi connectivity index (χ0) is 23.0. The fourth-order valence-electron chi connectivity index (χ4n) is 4.85. The van der Waals surface area contributed by atoms with Crippen molar-refractivity contribution in [2.24, 2.45) is 0 Å². The Bertz CT molecular complexity index is 1160. The Morgan fingerprint density at radius 1 is 0.939 bits per heavy atom. The predicted octanol–water partition coefficient (Wildman–Crippen LogP) is 6.82. The average Bonchev–Trinajstić information content (AvgIpc) is 3.08. The quantitative estimate of drug-likeness (QED) is 0.435. The molecule has 0 aromatic heterocycles. The van der Waals surface area contributed by atoms with E-state index in [1.165, 1.54) is 23.8 Å². The molecule has 0 spiro atoms. The van der Waals surface area contributed by atoms with Gasteiger partial charge < -0.3 is 14.4 Å². The van der Waals surface area contributed by atoms with E-state index in [4.69, 9.17) is 4.74 Å². The molecule has 1 amide bonds. The lowest BCUT2D eigenvalue weighted by molar-refractivity contribution is -0.274. The van der Waals surface area contributed by atoms with Crippen molar-refractivity contribution < 1.29 is 27.4 Å². The average molecular weight is 453 g/mol. The summed E-state index contributed by atoms with van der Waals surface area (Å²) in [5.41, 5.74) is 4.57. The minimum absolute atomic E-state index is 0.100. The molecule has 0 saturated carbocycles. The van der Waals surface area contributed by atoms with Crippen LogP contribution in [-0.4, -0.2) is 23.9 Å². The van der Waals surface area contributed by atoms with Crippen LogP contribution in [0.25, 0.3) is 11.1 Å². The summed E-state index contributed by atoms with van der Waals surface area (Å²) in [6.07, 6.45) is -3.40. The molecule has 7 heteroatoms. The van der Waals surface area contributed by atoms with Gasteiger partial charge in [-0.15, -0.1) is 13.2 Å². The van der Waals surface area contributed by atoms with Crippen LogP contribution < -0.4 is 4.74 Å². The van der Waals surface area contributed by atoms with Gasteiger partial charge in [-0.25, -0.2) is 4.79 Å². The van der Waals surface area contributed by atoms with E-state index in [2.05, 4.69) is 4.74 Å². The van der Waals surface area contributed by atoms with E-state index in [1.807, 2.05) is 48.5 Å². The number of likely N-dealkylation sites (tertiary alicyclic amines) is 1. The first-order chi connectivity index (χ1) is 15.9. The standard InChI is InChI=1S/C26H22F3NO3/c27-26(28,29)33-21-8-4-7-18(13-21)19-9-10-22-20-11-12-30(24(15-20)23(22)14-19)25(31)32-16-17-5-2-1-3-6-17/h1-10,13-14,20,24H,11-12,15-16H2. The van der Waals surface area contributed by atoms with Crippen LogP contribution >= 0.6 is 0 Å². The maximum Gasteiger partial charge on any atom is 0.573 e. The summed E-state index contributed by atoms with van der Waals surface area (Å²) in [5.74, 6) is 0.113. The summed E-state index contributed by atoms with van der Waals surface area (Å²) in [6.45, 7) is 0.826. The molecule has 1 fully saturated rings. The molecule has 2 unspecified atom stereocenters. The zero-order valence-electron chi connectivity index (χ0n) is 17.7. The van der Waals surface area contributed by atoms with E-state index in [0.717, 1.165) is 29.5 Å². The largest absolute Gasteiger partial charge is 0.573 e. The number of fused-ring (bicyclic) bond motifs is 5. The van der Waals surface area contributed by atoms with Gasteiger partial charge in [-0.3, -0.25) is 0 Å². The van der Waals surface area contributed by atoms with Gasteiger partial charge in [0.1, 0.15) is 12.4 Å². The number of alkyl halides is 3. The fraction of sp³-hybridized carbons (Fsp3) is 0.269. The second-order valence-electron chi connectivity index (χ2n) is 8.39. The SMILES string of the molecule is O=C(OCc1ccccc1)N1CCC2CC1c1cc(-c3cccc(OC(F)(F)F)c3)ccc12. The molecule has 2 bridgehead atoms. The summed E-state index contributed by atoms with van der Waals surface area (Å²) in [6, 6.07) is 21.3. The van der Waals surface area contributed by atoms with Crippen molar-refractivity contribution >= 4 is 6.09 Å². The molecule has 170 valence electrons. The third-order valence-electron chi connectivity index (χ3n) is 6.33. The van der Waals surface area contributed by atoms with Gasteiger partial charge in [0.05, 0.1) is 6.04 Å². The van der Waals surface area contributed by atoms with Crippen LogP contribution in [-0.2, 0) is 11.3 Å². The van der Waals surface area contributed by atoms with E-state index in [1.54, 1.807) is 11.0 Å². The molecule has 3 aromatic rings. The lowest BCUT2D eigenvalue weighted by atomic mass is 9.95. The van der Waals surface area contributed by atoms with Crippen molar-refractivity contribution in [2.45, 2.75) is 37.8 Å². The molecule has 1 heterocycles. The van der Waals surface area contributed by atoms with Crippen molar-refractivity contribution in [2.75, 3.05) is 6.54 Å². The first-order valence-electron chi connectivity index (χ1n) is 10.8. The van der Waals surface area contributed by atoms with E-state index in [0.29, 0.717) is 18.0 Å². The van der Waals surface area contributed by atoms with E-state index in [-0.39, 0.29) is 24.5 Å². The molecule has 3 aromatic carbocycles. The molecule has 33 heavy (non-hydrogen) atoms. The second kappa shape index (κ2) is 8.46. The Morgan fingerprint density at radius 3 is 2.52 bits per heavy atom. The monoisotopic (exact) mass is 453 g/mol. The first-order valence-corrected chi connectivity index (χ1v) is 10.8. The van der Waals surface area contributed by atoms with Crippen molar-refractivity contribution in [3.8, 4) is 16.9 Å². The highest BCUT2D eigenvalue weighted by Gasteiger charge is 2.41. The number of carbonyl (C=O) groups is 1. The summed E-state index contributed by atoms with van der Waals surface area (Å²) in [7, 11) is 0. The zero-order valence-corrected chi connectivity index (χ0v) is 17.7. The number of rotatable bonds is 4. The Labute approximate surface area is 189 Å². The summed E-state index contributed by atoms with van der Waals surface area (Å²) < 4.78 is 47.5. The Morgan fingerprint density at radius 2 is 1.73 bits per heavy atom. The number of piperidine rings is 1. The van der Waals surface area contributed by atoms with Crippen LogP contribution in [0.3, 0.4) is 0 Å². The molecule has 2 atom stereocenters. The second-order valence-corrected chi connectivity index (χ2v) is 8.39. The predicted molar refractivity (Wildman–Crippen MR) is 117 cm³/mol. The normalized spacial score (nSPS) is 19.2. The highest BCUT2D eigenvalue weighted by atomic mass is 19.4. The number of ether oxygens (including phenoxy) is 2. The lowest BCUT2D eigenvalue weighted by Gasteiger charge is -2.33. The maximum atomic E-state index is 12.9. The maximum absolute atomic E-state index is 12.9. The van der Waals surface area contributed by atoms with Crippen molar-refractivity contribution in [1.82, 2.24) is 4.90 Å². The molecule has 1 saturated heterocycles. The smallest absolute Gasteiger partial charge is 0.445 e. The van der Waals surface area contributed by atoms with Gasteiger partial charge in [0.2, 0.25) is 0 Å². The molecule has 1 aliphatic heterocycles. The van der Waals surface area contributed by atoms with E-state index >= 15 is 0 Å². The van der Waals surface area contributed by atoms with Gasteiger partial charge >= 0.3 is 12.5 Å². The van der Waals surface area contributed by atoms with Crippen LogP contribution in [0, 0.1) is 0 Å². The molecule has 5 rings (SSSR count). The number of benzene rings is 3. The molecular weight excluding hydrogens is 431 g/mol. The summed E-state index contributed by atoms with van der Waals surface area (Å²) >= 11 is 0. The van der Waals surface area contributed by atoms with Gasteiger partial charge in [0.25, 0.3) is 0 Å². The minimum atomic E-state index is -4.74. The van der Waals surface area contributed by atoms with Gasteiger partial charge in [0, 0.05) is 6.54 Å². The molecule has 4 nitrogen and oxygen atoms in total. The van der Waals surface area contributed by atoms with Gasteiger partial charge in [-0.2, -0.15) is 0 Å². The van der Waals surface area contributed by atoms with Crippen LogP contribution in [0.15, 0.2) is 72.8 Å². The van der Waals surface area contributed by atoms with E-state index < -0.39 is 6.36 Å². The first kappa shape index (κ1) is 21.4. The molecule has 2 aliphatic rings. The van der Waals surface area contributed by atoms with Crippen molar-refractivity contribution in [1.29, 1.82) is 0 Å². The highest BCUT2D eigenvalue weighted by Crippen LogP contribution is 2.50. The summed E-state index contributed by atoms with van der Waals surface area (Å²) in [5, 5.41) is 0. The Kier molecular flexibility index (Phi) is 5.48. The van der Waals surface area contributed by atoms with Crippen LogP contribution in [0.5, 0.6) is 5.75 Å². The molecule has 0 radical (unpaired) electrons. The highest BCUT2D eigenvalue weighted by molar-refractivity contribution is 5.71. The summed E-state index contributed by atoms with van der Waals surface area (Å²) in [4.78, 5) is 14.7. The van der Waals surface area contributed by atoms with Crippen molar-refractivity contribution in [3.05, 3.63) is 89.5 Å². The Hall–Kier alpha value is -3.48. The van der Waals surface area contributed by atoms with Gasteiger partial charge in [0.15, 0.2) is 0 Å². The topological polar surface area (TPSA) is 38.8 Å². The number of halogens is 3. The number of nitrogens with zero attached hydrogens (tertiary/aromatic N) is 1. The minimum Gasteiger partial charge on any atom is -0.445 e. The third kappa shape index (κ3) is 4.53. The van der Waals surface area contributed by atoms with Crippen LogP contribution in [0.1, 0.15) is 41.5 Å². The van der Waals surface area contributed by atoms with Crippen LogP contribution in [0.4, 0.5) is 18.0 Å². The molecule has 0 N–H and O–H groups in total. The fourth-order valence-corrected chi connectivity index (χ4v) is 4.85. The number of hydrogen-bond donors (Lipinski definition) is 0. The number of amides is 1. The number of hydrogen-bond acceptors (Lipinski definition) is 3. The molecular formula is C26H22F3NO3.